The minimum absolute atomic E-state index is 0.160. The van der Waals surface area contributed by atoms with Crippen molar-refractivity contribution in [3.8, 4) is 22.6 Å². The number of nitrogens with one attached hydrogen (secondary N) is 1. The Morgan fingerprint density at radius 1 is 1.27 bits per heavy atom. The summed E-state index contributed by atoms with van der Waals surface area (Å²) in [6.07, 6.45) is 2.36. The third-order valence-corrected chi connectivity index (χ3v) is 4.22. The summed E-state index contributed by atoms with van der Waals surface area (Å²) in [5.74, 6) is -0.248. The van der Waals surface area contributed by atoms with E-state index in [9.17, 15) is 4.79 Å². The summed E-state index contributed by atoms with van der Waals surface area (Å²) < 4.78 is 5.22. The van der Waals surface area contributed by atoms with Crippen LogP contribution in [0.1, 0.15) is 29.8 Å². The third-order valence-electron chi connectivity index (χ3n) is 3.99. The number of aromatic amines is 1. The second kappa shape index (κ2) is 7.58. The number of nitrogen functional groups attached to an aromatic ring is 1. The van der Waals surface area contributed by atoms with Gasteiger partial charge in [-0.05, 0) is 43.2 Å². The molecule has 0 radical (unpaired) electrons. The lowest BCUT2D eigenvalue weighted by Crippen LogP contribution is -2.05. The molecule has 0 spiro atoms. The van der Waals surface area contributed by atoms with Crippen LogP contribution in [-0.4, -0.2) is 27.5 Å². The Morgan fingerprint density at radius 3 is 2.77 bits per heavy atom. The van der Waals surface area contributed by atoms with Crippen LogP contribution in [0.4, 0.5) is 5.95 Å². The number of aromatic nitrogens is 3. The van der Waals surface area contributed by atoms with Crippen molar-refractivity contribution < 1.29 is 9.53 Å². The van der Waals surface area contributed by atoms with Crippen LogP contribution < -0.4 is 5.73 Å². The van der Waals surface area contributed by atoms with Crippen LogP contribution in [0.3, 0.4) is 0 Å². The summed E-state index contributed by atoms with van der Waals surface area (Å²) in [4.78, 5) is 23.9. The second-order valence-electron chi connectivity index (χ2n) is 5.65. The van der Waals surface area contributed by atoms with Gasteiger partial charge in [-0.2, -0.15) is 0 Å². The minimum Gasteiger partial charge on any atom is -0.462 e. The predicted octanol–water partition coefficient (Wildman–Crippen LogP) is 4.11. The van der Waals surface area contributed by atoms with Crippen molar-refractivity contribution >= 4 is 23.5 Å². The van der Waals surface area contributed by atoms with Crippen LogP contribution >= 0.6 is 11.6 Å². The Balaban J connectivity index is 2.20. The van der Waals surface area contributed by atoms with E-state index in [-0.39, 0.29) is 12.6 Å². The summed E-state index contributed by atoms with van der Waals surface area (Å²) in [5, 5.41) is 0.592. The number of nitrogens with two attached hydrogens (primary N) is 1. The summed E-state index contributed by atoms with van der Waals surface area (Å²) in [7, 11) is 0. The molecule has 6 nitrogen and oxygen atoms in total. The summed E-state index contributed by atoms with van der Waals surface area (Å²) in [5.41, 5.74) is 9.92. The van der Waals surface area contributed by atoms with Gasteiger partial charge in [0.05, 0.1) is 29.3 Å². The molecule has 2 heterocycles. The first-order chi connectivity index (χ1) is 12.5. The minimum atomic E-state index is -0.408. The zero-order chi connectivity index (χ0) is 18.7. The maximum atomic E-state index is 12.5. The van der Waals surface area contributed by atoms with E-state index in [1.165, 1.54) is 0 Å². The number of benzene rings is 1. The van der Waals surface area contributed by atoms with E-state index < -0.39 is 5.97 Å². The van der Waals surface area contributed by atoms with Gasteiger partial charge in [-0.15, -0.1) is 0 Å². The molecule has 7 heteroatoms. The average Bonchev–Trinajstić information content (AvgIpc) is 3.07. The van der Waals surface area contributed by atoms with Crippen LogP contribution in [0.15, 0.2) is 36.5 Å². The number of rotatable bonds is 5. The van der Waals surface area contributed by atoms with Crippen LogP contribution in [0, 0.1) is 0 Å². The molecule has 0 aliphatic carbocycles. The molecule has 0 aliphatic heterocycles. The summed E-state index contributed by atoms with van der Waals surface area (Å²) >= 11 is 6.19. The number of H-pyrrole nitrogens is 1. The molecule has 0 aliphatic rings. The van der Waals surface area contributed by atoms with Crippen molar-refractivity contribution in [2.75, 3.05) is 12.3 Å². The maximum Gasteiger partial charge on any atom is 0.340 e. The monoisotopic (exact) mass is 370 g/mol. The zero-order valence-corrected chi connectivity index (χ0v) is 15.3. The van der Waals surface area contributed by atoms with Gasteiger partial charge < -0.3 is 15.5 Å². The highest BCUT2D eigenvalue weighted by Gasteiger charge is 2.21. The molecule has 3 N–H and O–H groups in total. The largest absolute Gasteiger partial charge is 0.462 e. The summed E-state index contributed by atoms with van der Waals surface area (Å²) in [6, 6.07) is 9.07. The molecule has 1 aromatic carbocycles. The average molecular weight is 371 g/mol. The third kappa shape index (κ3) is 3.55. The molecule has 0 atom stereocenters. The standard InChI is InChI=1S/C19H19ClN4O2/c1-3-11-5-6-12(20)9-13(11)17-14(18(25)26-4-2)10-16(23-17)15-7-8-22-19(21)24-15/h5-10,23H,3-4H2,1-2H3,(H2,21,22,24). The Hall–Kier alpha value is -2.86. The highest BCUT2D eigenvalue weighted by atomic mass is 35.5. The van der Waals surface area contributed by atoms with Gasteiger partial charge in [0.15, 0.2) is 0 Å². The fourth-order valence-corrected chi connectivity index (χ4v) is 2.96. The maximum absolute atomic E-state index is 12.5. The molecule has 0 saturated heterocycles. The first-order valence-electron chi connectivity index (χ1n) is 8.31. The molecule has 0 bridgehead atoms. The Kier molecular flexibility index (Phi) is 5.23. The number of anilines is 1. The van der Waals surface area contributed by atoms with Crippen LogP contribution in [-0.2, 0) is 11.2 Å². The first kappa shape index (κ1) is 17.9. The molecular formula is C19H19ClN4O2. The smallest absolute Gasteiger partial charge is 0.340 e. The van der Waals surface area contributed by atoms with Crippen molar-refractivity contribution in [1.82, 2.24) is 15.0 Å². The lowest BCUT2D eigenvalue weighted by molar-refractivity contribution is 0.0527. The Labute approximate surface area is 156 Å². The molecule has 0 amide bonds. The van der Waals surface area contributed by atoms with Crippen LogP contribution in [0.2, 0.25) is 5.02 Å². The molecule has 3 aromatic rings. The normalized spacial score (nSPS) is 10.7. The van der Waals surface area contributed by atoms with E-state index in [2.05, 4.69) is 15.0 Å². The Bertz CT molecular complexity index is 952. The fraction of sp³-hybridized carbons (Fsp3) is 0.211. The SMILES string of the molecule is CCOC(=O)c1cc(-c2ccnc(N)n2)[nH]c1-c1cc(Cl)ccc1CC. The number of hydrogen-bond donors (Lipinski definition) is 2. The van der Waals surface area contributed by atoms with Gasteiger partial charge in [-0.25, -0.2) is 14.8 Å². The van der Waals surface area contributed by atoms with Gasteiger partial charge in [-0.1, -0.05) is 24.6 Å². The number of carbonyl (C=O) groups is 1. The molecule has 2 aromatic heterocycles. The van der Waals surface area contributed by atoms with Crippen molar-refractivity contribution in [2.24, 2.45) is 0 Å². The molecular weight excluding hydrogens is 352 g/mol. The van der Waals surface area contributed by atoms with Crippen LogP contribution in [0.5, 0.6) is 0 Å². The van der Waals surface area contributed by atoms with E-state index in [1.54, 1.807) is 25.3 Å². The number of esters is 1. The molecule has 3 rings (SSSR count). The molecule has 0 unspecified atom stereocenters. The summed E-state index contributed by atoms with van der Waals surface area (Å²) in [6.45, 7) is 4.11. The lowest BCUT2D eigenvalue weighted by Gasteiger charge is -2.09. The van der Waals surface area contributed by atoms with Crippen molar-refractivity contribution in [3.63, 3.8) is 0 Å². The number of ether oxygens (including phenoxy) is 1. The number of halogens is 1. The van der Waals surface area contributed by atoms with E-state index in [4.69, 9.17) is 22.1 Å². The van der Waals surface area contributed by atoms with E-state index in [0.717, 1.165) is 17.5 Å². The van der Waals surface area contributed by atoms with Gasteiger partial charge in [0.25, 0.3) is 0 Å². The quantitative estimate of drug-likeness (QED) is 0.659. The number of carbonyl (C=O) groups excluding carboxylic acids is 1. The molecule has 0 saturated carbocycles. The number of aryl methyl sites for hydroxylation is 1. The van der Waals surface area contributed by atoms with Crippen molar-refractivity contribution in [3.05, 3.63) is 52.7 Å². The van der Waals surface area contributed by atoms with Gasteiger partial charge in [-0.3, -0.25) is 0 Å². The van der Waals surface area contributed by atoms with Gasteiger partial charge in [0.2, 0.25) is 5.95 Å². The highest BCUT2D eigenvalue weighted by Crippen LogP contribution is 2.33. The van der Waals surface area contributed by atoms with E-state index in [0.29, 0.717) is 27.7 Å². The molecule has 26 heavy (non-hydrogen) atoms. The predicted molar refractivity (Wildman–Crippen MR) is 102 cm³/mol. The topological polar surface area (TPSA) is 93.9 Å². The van der Waals surface area contributed by atoms with Crippen molar-refractivity contribution in [2.45, 2.75) is 20.3 Å². The molecule has 0 fully saturated rings. The van der Waals surface area contributed by atoms with Crippen molar-refractivity contribution in [1.29, 1.82) is 0 Å². The second-order valence-corrected chi connectivity index (χ2v) is 6.08. The zero-order valence-electron chi connectivity index (χ0n) is 14.5. The number of hydrogen-bond acceptors (Lipinski definition) is 5. The first-order valence-corrected chi connectivity index (χ1v) is 8.69. The Morgan fingerprint density at radius 2 is 2.08 bits per heavy atom. The highest BCUT2D eigenvalue weighted by molar-refractivity contribution is 6.31. The van der Waals surface area contributed by atoms with Gasteiger partial charge in [0, 0.05) is 16.8 Å². The number of nitrogens with zero attached hydrogens (tertiary/aromatic N) is 2. The molecule has 134 valence electrons. The van der Waals surface area contributed by atoms with Gasteiger partial charge in [0.1, 0.15) is 0 Å². The fourth-order valence-electron chi connectivity index (χ4n) is 2.79. The lowest BCUT2D eigenvalue weighted by atomic mass is 10.00. The van der Waals surface area contributed by atoms with E-state index in [1.807, 2.05) is 25.1 Å². The van der Waals surface area contributed by atoms with Crippen LogP contribution in [0.25, 0.3) is 22.6 Å². The van der Waals surface area contributed by atoms with E-state index >= 15 is 0 Å². The van der Waals surface area contributed by atoms with Gasteiger partial charge >= 0.3 is 5.97 Å².